The van der Waals surface area contributed by atoms with E-state index in [9.17, 15) is 4.79 Å². The number of carbonyl (C=O) groups is 1. The van der Waals surface area contributed by atoms with E-state index in [1.54, 1.807) is 30.4 Å². The van der Waals surface area contributed by atoms with Crippen LogP contribution in [0.5, 0.6) is 11.5 Å². The minimum atomic E-state index is -0.162. The Hall–Kier alpha value is -3.15. The molecule has 3 aromatic rings. The molecule has 0 N–H and O–H groups in total. The fraction of sp³-hybridized carbons (Fsp3) is 0.348. The third kappa shape index (κ3) is 4.65. The van der Waals surface area contributed by atoms with E-state index in [1.165, 1.54) is 0 Å². The van der Waals surface area contributed by atoms with E-state index in [-0.39, 0.29) is 12.5 Å². The quantitative estimate of drug-likeness (QED) is 0.529. The number of hydrogen-bond acceptors (Lipinski definition) is 5. The summed E-state index contributed by atoms with van der Waals surface area (Å²) in [6.45, 7) is 2.82. The average Bonchev–Trinajstić information content (AvgIpc) is 3.13. The van der Waals surface area contributed by atoms with Gasteiger partial charge < -0.3 is 23.2 Å². The predicted octanol–water partition coefficient (Wildman–Crippen LogP) is 4.61. The molecule has 1 aromatic carbocycles. The van der Waals surface area contributed by atoms with Crippen molar-refractivity contribution in [3.63, 3.8) is 0 Å². The molecule has 0 aliphatic heterocycles. The van der Waals surface area contributed by atoms with E-state index in [1.807, 2.05) is 36.4 Å². The van der Waals surface area contributed by atoms with Gasteiger partial charge in [-0.2, -0.15) is 0 Å². The molecule has 0 radical (unpaired) electrons. The highest BCUT2D eigenvalue weighted by atomic mass is 16.5. The van der Waals surface area contributed by atoms with Crippen LogP contribution in [0.15, 0.2) is 63.6 Å². The molecule has 0 spiro atoms. The van der Waals surface area contributed by atoms with Gasteiger partial charge in [-0.15, -0.1) is 0 Å². The van der Waals surface area contributed by atoms with Crippen molar-refractivity contribution in [1.29, 1.82) is 0 Å². The zero-order chi connectivity index (χ0) is 20.2. The molecule has 1 aliphatic rings. The number of benzene rings is 1. The maximum Gasteiger partial charge on any atom is 0.261 e. The minimum absolute atomic E-state index is 0.103. The van der Waals surface area contributed by atoms with Crippen molar-refractivity contribution in [1.82, 2.24) is 4.90 Å². The zero-order valence-corrected chi connectivity index (χ0v) is 16.7. The lowest BCUT2D eigenvalue weighted by atomic mass is 10.3. The van der Waals surface area contributed by atoms with Crippen molar-refractivity contribution in [3.05, 3.63) is 72.1 Å². The van der Waals surface area contributed by atoms with Crippen LogP contribution >= 0.6 is 0 Å². The summed E-state index contributed by atoms with van der Waals surface area (Å²) in [5.74, 6) is 4.61. The van der Waals surface area contributed by atoms with E-state index in [0.29, 0.717) is 42.2 Å². The van der Waals surface area contributed by atoms with Crippen LogP contribution in [0.25, 0.3) is 0 Å². The number of hydrogen-bond donors (Lipinski definition) is 0. The van der Waals surface area contributed by atoms with Crippen LogP contribution in [0.4, 0.5) is 0 Å². The minimum Gasteiger partial charge on any atom is -0.493 e. The number of methoxy groups -OCH3 is 1. The summed E-state index contributed by atoms with van der Waals surface area (Å²) < 4.78 is 22.4. The fourth-order valence-electron chi connectivity index (χ4n) is 3.38. The van der Waals surface area contributed by atoms with Gasteiger partial charge in [-0.1, -0.05) is 19.1 Å². The van der Waals surface area contributed by atoms with E-state index in [0.717, 1.165) is 17.9 Å². The average molecular weight is 395 g/mol. The number of amides is 1. The van der Waals surface area contributed by atoms with Gasteiger partial charge in [0.25, 0.3) is 5.91 Å². The van der Waals surface area contributed by atoms with E-state index < -0.39 is 0 Å². The van der Waals surface area contributed by atoms with Crippen molar-refractivity contribution < 1.29 is 23.1 Å². The SMILES string of the molecule is COc1ccccc1OCC(=O)N(Cc1ccco1)Cc1ccc(C2CC2C)o1. The molecule has 1 fully saturated rings. The smallest absolute Gasteiger partial charge is 0.261 e. The van der Waals surface area contributed by atoms with E-state index in [4.69, 9.17) is 18.3 Å². The summed E-state index contributed by atoms with van der Waals surface area (Å²) in [5.41, 5.74) is 0. The van der Waals surface area contributed by atoms with Crippen molar-refractivity contribution in [2.45, 2.75) is 32.4 Å². The second-order valence-corrected chi connectivity index (χ2v) is 7.39. The summed E-state index contributed by atoms with van der Waals surface area (Å²) in [5, 5.41) is 0. The molecule has 4 rings (SSSR count). The van der Waals surface area contributed by atoms with E-state index >= 15 is 0 Å². The molecule has 2 aromatic heterocycles. The van der Waals surface area contributed by atoms with Crippen molar-refractivity contribution >= 4 is 5.91 Å². The first kappa shape index (κ1) is 19.2. The normalized spacial score (nSPS) is 17.7. The third-order valence-electron chi connectivity index (χ3n) is 5.20. The topological polar surface area (TPSA) is 65.1 Å². The van der Waals surface area contributed by atoms with Gasteiger partial charge in [-0.05, 0) is 48.7 Å². The maximum absolute atomic E-state index is 12.9. The Morgan fingerprint density at radius 2 is 1.83 bits per heavy atom. The van der Waals surface area contributed by atoms with Gasteiger partial charge in [0.1, 0.15) is 17.3 Å². The van der Waals surface area contributed by atoms with Crippen LogP contribution in [-0.4, -0.2) is 24.5 Å². The fourth-order valence-corrected chi connectivity index (χ4v) is 3.38. The van der Waals surface area contributed by atoms with Gasteiger partial charge in [0.15, 0.2) is 18.1 Å². The number of para-hydroxylation sites is 2. The van der Waals surface area contributed by atoms with Crippen LogP contribution in [0.2, 0.25) is 0 Å². The molecular weight excluding hydrogens is 370 g/mol. The summed E-state index contributed by atoms with van der Waals surface area (Å²) in [6.07, 6.45) is 2.76. The summed E-state index contributed by atoms with van der Waals surface area (Å²) in [6, 6.07) is 14.9. The van der Waals surface area contributed by atoms with Crippen LogP contribution in [0.1, 0.15) is 36.5 Å². The molecule has 152 valence electrons. The molecule has 1 saturated carbocycles. The monoisotopic (exact) mass is 395 g/mol. The molecule has 1 amide bonds. The summed E-state index contributed by atoms with van der Waals surface area (Å²) in [4.78, 5) is 14.6. The lowest BCUT2D eigenvalue weighted by molar-refractivity contribution is -0.135. The first-order valence-electron chi connectivity index (χ1n) is 9.78. The Kier molecular flexibility index (Phi) is 5.60. The zero-order valence-electron chi connectivity index (χ0n) is 16.7. The molecule has 2 heterocycles. The lowest BCUT2D eigenvalue weighted by Gasteiger charge is -2.21. The molecule has 6 nitrogen and oxygen atoms in total. The van der Waals surface area contributed by atoms with Crippen molar-refractivity contribution in [2.24, 2.45) is 5.92 Å². The van der Waals surface area contributed by atoms with Crippen LogP contribution in [0.3, 0.4) is 0 Å². The standard InChI is InChI=1S/C23H25NO5/c1-16-12-19(16)20-10-9-18(29-20)14-24(13-17-6-5-11-27-17)23(25)15-28-22-8-4-3-7-21(22)26-2/h3-11,16,19H,12-15H2,1-2H3. The van der Waals surface area contributed by atoms with Gasteiger partial charge in [0, 0.05) is 5.92 Å². The lowest BCUT2D eigenvalue weighted by Crippen LogP contribution is -2.34. The van der Waals surface area contributed by atoms with Crippen molar-refractivity contribution in [3.8, 4) is 11.5 Å². The number of ether oxygens (including phenoxy) is 2. The maximum atomic E-state index is 12.9. The summed E-state index contributed by atoms with van der Waals surface area (Å²) in [7, 11) is 1.57. The molecule has 6 heteroatoms. The third-order valence-corrected chi connectivity index (χ3v) is 5.20. The molecule has 2 unspecified atom stereocenters. The molecular formula is C23H25NO5. The molecule has 1 aliphatic carbocycles. The first-order valence-corrected chi connectivity index (χ1v) is 9.78. The second-order valence-electron chi connectivity index (χ2n) is 7.39. The van der Waals surface area contributed by atoms with Gasteiger partial charge in [-0.3, -0.25) is 4.79 Å². The molecule has 29 heavy (non-hydrogen) atoms. The highest BCUT2D eigenvalue weighted by Crippen LogP contribution is 2.47. The molecule has 0 saturated heterocycles. The van der Waals surface area contributed by atoms with Gasteiger partial charge in [0.2, 0.25) is 0 Å². The Morgan fingerprint density at radius 3 is 2.52 bits per heavy atom. The van der Waals surface area contributed by atoms with Crippen LogP contribution in [0, 0.1) is 5.92 Å². The highest BCUT2D eigenvalue weighted by molar-refractivity contribution is 5.77. The number of furan rings is 2. The second kappa shape index (κ2) is 8.47. The van der Waals surface area contributed by atoms with E-state index in [2.05, 4.69) is 6.92 Å². The largest absolute Gasteiger partial charge is 0.493 e. The Labute approximate surface area is 170 Å². The Balaban J connectivity index is 1.44. The number of rotatable bonds is 9. The Morgan fingerprint density at radius 1 is 1.07 bits per heavy atom. The summed E-state index contributed by atoms with van der Waals surface area (Å²) >= 11 is 0. The molecule has 2 atom stereocenters. The van der Waals surface area contributed by atoms with Gasteiger partial charge in [0.05, 0.1) is 26.5 Å². The van der Waals surface area contributed by atoms with Crippen LogP contribution in [-0.2, 0) is 17.9 Å². The predicted molar refractivity (Wildman–Crippen MR) is 107 cm³/mol. The number of nitrogens with zero attached hydrogens (tertiary/aromatic N) is 1. The van der Waals surface area contributed by atoms with Crippen LogP contribution < -0.4 is 9.47 Å². The number of carbonyl (C=O) groups excluding carboxylic acids is 1. The first-order chi connectivity index (χ1) is 14.1. The highest BCUT2D eigenvalue weighted by Gasteiger charge is 2.36. The molecule has 0 bridgehead atoms. The van der Waals surface area contributed by atoms with Gasteiger partial charge in [-0.25, -0.2) is 0 Å². The van der Waals surface area contributed by atoms with Crippen molar-refractivity contribution in [2.75, 3.05) is 13.7 Å². The van der Waals surface area contributed by atoms with Gasteiger partial charge >= 0.3 is 0 Å². The Bertz CT molecular complexity index is 946.